The van der Waals surface area contributed by atoms with Crippen LogP contribution in [0.1, 0.15) is 11.8 Å². The molecule has 0 bridgehead atoms. The topological polar surface area (TPSA) is 56.7 Å². The van der Waals surface area contributed by atoms with E-state index in [4.69, 9.17) is 4.42 Å². The van der Waals surface area contributed by atoms with Crippen molar-refractivity contribution in [2.45, 2.75) is 13.5 Å². The average molecular weight is 164 g/mol. The lowest BCUT2D eigenvalue weighted by Crippen LogP contribution is -1.99. The first-order chi connectivity index (χ1) is 5.84. The molecular weight excluding hydrogens is 156 g/mol. The van der Waals surface area contributed by atoms with Gasteiger partial charge in [-0.2, -0.15) is 5.10 Å². The van der Waals surface area contributed by atoms with E-state index in [0.717, 1.165) is 0 Å². The van der Waals surface area contributed by atoms with E-state index in [1.807, 2.05) is 12.3 Å². The number of aromatic nitrogens is 4. The lowest BCUT2D eigenvalue weighted by Gasteiger charge is -1.93. The minimum Gasteiger partial charge on any atom is -0.424 e. The van der Waals surface area contributed by atoms with Gasteiger partial charge in [-0.15, -0.1) is 10.2 Å². The van der Waals surface area contributed by atoms with Crippen molar-refractivity contribution in [2.24, 2.45) is 0 Å². The van der Waals surface area contributed by atoms with Crippen LogP contribution in [0.2, 0.25) is 0 Å². The third-order valence-corrected chi connectivity index (χ3v) is 1.42. The number of hydrogen-bond donors (Lipinski definition) is 0. The largest absolute Gasteiger partial charge is 0.424 e. The molecule has 0 fully saturated rings. The molecule has 0 atom stereocenters. The smallest absolute Gasteiger partial charge is 0.237 e. The van der Waals surface area contributed by atoms with Gasteiger partial charge in [0.25, 0.3) is 0 Å². The van der Waals surface area contributed by atoms with Crippen molar-refractivity contribution in [1.82, 2.24) is 20.0 Å². The Hall–Kier alpha value is -1.65. The Morgan fingerprint density at radius 1 is 1.50 bits per heavy atom. The van der Waals surface area contributed by atoms with Gasteiger partial charge < -0.3 is 4.42 Å². The van der Waals surface area contributed by atoms with Crippen molar-refractivity contribution in [3.8, 4) is 0 Å². The Kier molecular flexibility index (Phi) is 1.62. The van der Waals surface area contributed by atoms with E-state index >= 15 is 0 Å². The molecule has 2 rings (SSSR count). The van der Waals surface area contributed by atoms with Gasteiger partial charge in [-0.05, 0) is 6.07 Å². The number of rotatable bonds is 2. The molecule has 0 aromatic carbocycles. The predicted octanol–water partition coefficient (Wildman–Crippen LogP) is 0.623. The fraction of sp³-hybridized carbons (Fsp3) is 0.286. The highest BCUT2D eigenvalue weighted by molar-refractivity contribution is 4.84. The summed E-state index contributed by atoms with van der Waals surface area (Å²) in [7, 11) is 0. The van der Waals surface area contributed by atoms with Gasteiger partial charge >= 0.3 is 0 Å². The zero-order chi connectivity index (χ0) is 8.39. The molecule has 2 aromatic heterocycles. The van der Waals surface area contributed by atoms with Crippen LogP contribution in [-0.2, 0) is 6.54 Å². The maximum absolute atomic E-state index is 5.17. The monoisotopic (exact) mass is 164 g/mol. The summed E-state index contributed by atoms with van der Waals surface area (Å²) in [6.07, 6.45) is 3.56. The molecule has 12 heavy (non-hydrogen) atoms. The van der Waals surface area contributed by atoms with Crippen LogP contribution in [0.5, 0.6) is 0 Å². The third-order valence-electron chi connectivity index (χ3n) is 1.42. The Labute approximate surface area is 69.0 Å². The summed E-state index contributed by atoms with van der Waals surface area (Å²) < 4.78 is 6.90. The molecule has 0 saturated carbocycles. The van der Waals surface area contributed by atoms with Gasteiger partial charge in [-0.3, -0.25) is 4.68 Å². The van der Waals surface area contributed by atoms with Crippen LogP contribution in [0, 0.1) is 6.92 Å². The lowest BCUT2D eigenvalue weighted by atomic mass is 10.6. The Balaban J connectivity index is 2.14. The molecule has 0 aliphatic heterocycles. The summed E-state index contributed by atoms with van der Waals surface area (Å²) in [5.41, 5.74) is 0. The van der Waals surface area contributed by atoms with Crippen molar-refractivity contribution >= 4 is 0 Å². The molecule has 0 amide bonds. The minimum absolute atomic E-state index is 0.536. The number of aryl methyl sites for hydroxylation is 1. The lowest BCUT2D eigenvalue weighted by molar-refractivity contribution is 0.444. The van der Waals surface area contributed by atoms with Crippen molar-refractivity contribution in [1.29, 1.82) is 0 Å². The molecule has 2 aromatic rings. The Morgan fingerprint density at radius 3 is 3.00 bits per heavy atom. The fourth-order valence-corrected chi connectivity index (χ4v) is 0.934. The normalized spacial score (nSPS) is 10.4. The van der Waals surface area contributed by atoms with Crippen molar-refractivity contribution in [3.05, 3.63) is 30.2 Å². The van der Waals surface area contributed by atoms with Crippen LogP contribution >= 0.6 is 0 Å². The van der Waals surface area contributed by atoms with E-state index in [1.54, 1.807) is 17.8 Å². The molecule has 5 heteroatoms. The fourth-order valence-electron chi connectivity index (χ4n) is 0.934. The van der Waals surface area contributed by atoms with Crippen LogP contribution in [-0.4, -0.2) is 20.0 Å². The van der Waals surface area contributed by atoms with Gasteiger partial charge in [-0.1, -0.05) is 0 Å². The molecule has 5 nitrogen and oxygen atoms in total. The first kappa shape index (κ1) is 7.02. The number of hydrogen-bond acceptors (Lipinski definition) is 4. The zero-order valence-electron chi connectivity index (χ0n) is 6.64. The summed E-state index contributed by atoms with van der Waals surface area (Å²) in [5, 5.41) is 11.6. The molecule has 0 N–H and O–H groups in total. The zero-order valence-corrected chi connectivity index (χ0v) is 6.64. The second-order valence-corrected chi connectivity index (χ2v) is 2.42. The van der Waals surface area contributed by atoms with Gasteiger partial charge in [-0.25, -0.2) is 0 Å². The van der Waals surface area contributed by atoms with E-state index in [0.29, 0.717) is 18.3 Å². The van der Waals surface area contributed by atoms with Crippen LogP contribution in [0.4, 0.5) is 0 Å². The predicted molar refractivity (Wildman–Crippen MR) is 40.4 cm³/mol. The summed E-state index contributed by atoms with van der Waals surface area (Å²) in [4.78, 5) is 0. The van der Waals surface area contributed by atoms with Crippen LogP contribution < -0.4 is 0 Å². The standard InChI is InChI=1S/C7H8N4O/c1-6-9-10-7(12-6)5-11-4-2-3-8-11/h2-4H,5H2,1H3. The van der Waals surface area contributed by atoms with Crippen molar-refractivity contribution in [3.63, 3.8) is 0 Å². The third kappa shape index (κ3) is 1.34. The van der Waals surface area contributed by atoms with E-state index in [9.17, 15) is 0 Å². The molecular formula is C7H8N4O. The molecule has 0 unspecified atom stereocenters. The first-order valence-electron chi connectivity index (χ1n) is 3.61. The Bertz CT molecular complexity index is 351. The highest BCUT2D eigenvalue weighted by atomic mass is 16.4. The second kappa shape index (κ2) is 2.77. The van der Waals surface area contributed by atoms with Crippen molar-refractivity contribution < 1.29 is 4.42 Å². The summed E-state index contributed by atoms with van der Waals surface area (Å²) in [5.74, 6) is 1.16. The second-order valence-electron chi connectivity index (χ2n) is 2.42. The maximum atomic E-state index is 5.17. The molecule has 0 spiro atoms. The summed E-state index contributed by atoms with van der Waals surface area (Å²) in [6, 6.07) is 1.85. The summed E-state index contributed by atoms with van der Waals surface area (Å²) >= 11 is 0. The highest BCUT2D eigenvalue weighted by Gasteiger charge is 2.01. The van der Waals surface area contributed by atoms with Crippen LogP contribution in [0.25, 0.3) is 0 Å². The molecule has 0 saturated heterocycles. The first-order valence-corrected chi connectivity index (χ1v) is 3.61. The van der Waals surface area contributed by atoms with Gasteiger partial charge in [0, 0.05) is 19.3 Å². The quantitative estimate of drug-likeness (QED) is 0.653. The molecule has 62 valence electrons. The van der Waals surface area contributed by atoms with E-state index in [2.05, 4.69) is 15.3 Å². The Morgan fingerprint density at radius 2 is 2.42 bits per heavy atom. The van der Waals surface area contributed by atoms with Crippen LogP contribution in [0.3, 0.4) is 0 Å². The van der Waals surface area contributed by atoms with E-state index in [-0.39, 0.29) is 0 Å². The van der Waals surface area contributed by atoms with Crippen molar-refractivity contribution in [2.75, 3.05) is 0 Å². The molecule has 0 aliphatic rings. The maximum Gasteiger partial charge on any atom is 0.237 e. The van der Waals surface area contributed by atoms with Gasteiger partial charge in [0.05, 0.1) is 0 Å². The molecule has 0 radical (unpaired) electrons. The van der Waals surface area contributed by atoms with Gasteiger partial charge in [0.2, 0.25) is 11.8 Å². The SMILES string of the molecule is Cc1nnc(Cn2cccn2)o1. The van der Waals surface area contributed by atoms with E-state index in [1.165, 1.54) is 0 Å². The molecule has 2 heterocycles. The minimum atomic E-state index is 0.536. The van der Waals surface area contributed by atoms with Crippen LogP contribution in [0.15, 0.2) is 22.9 Å². The van der Waals surface area contributed by atoms with Gasteiger partial charge in [0.1, 0.15) is 6.54 Å². The number of nitrogens with zero attached hydrogens (tertiary/aromatic N) is 4. The van der Waals surface area contributed by atoms with E-state index < -0.39 is 0 Å². The average Bonchev–Trinajstić information content (AvgIpc) is 2.63. The highest BCUT2D eigenvalue weighted by Crippen LogP contribution is 1.99. The summed E-state index contributed by atoms with van der Waals surface area (Å²) in [6.45, 7) is 2.30. The van der Waals surface area contributed by atoms with Gasteiger partial charge in [0.15, 0.2) is 0 Å². The molecule has 0 aliphatic carbocycles.